The second kappa shape index (κ2) is 4.78. The third kappa shape index (κ3) is 2.22. The van der Waals surface area contributed by atoms with Crippen molar-refractivity contribution in [2.75, 3.05) is 0 Å². The second-order valence-corrected chi connectivity index (χ2v) is 4.03. The van der Waals surface area contributed by atoms with Crippen LogP contribution in [0.25, 0.3) is 11.4 Å². The summed E-state index contributed by atoms with van der Waals surface area (Å²) < 4.78 is 26.5. The highest BCUT2D eigenvalue weighted by molar-refractivity contribution is 5.56. The zero-order valence-corrected chi connectivity index (χ0v) is 10.2. The lowest BCUT2D eigenvalue weighted by atomic mass is 10.1. The Kier molecular flexibility index (Phi) is 3.34. The number of rotatable bonds is 2. The van der Waals surface area contributed by atoms with Gasteiger partial charge in [-0.25, -0.2) is 18.7 Å². The summed E-state index contributed by atoms with van der Waals surface area (Å²) in [5, 5.41) is 0. The van der Waals surface area contributed by atoms with Gasteiger partial charge in [-0.05, 0) is 31.5 Å². The fourth-order valence-corrected chi connectivity index (χ4v) is 1.68. The van der Waals surface area contributed by atoms with Gasteiger partial charge in [0.2, 0.25) is 0 Å². The molecule has 0 saturated carbocycles. The highest BCUT2D eigenvalue weighted by atomic mass is 19.1. The van der Waals surface area contributed by atoms with Gasteiger partial charge in [0, 0.05) is 18.3 Å². The van der Waals surface area contributed by atoms with Gasteiger partial charge in [-0.3, -0.25) is 0 Å². The van der Waals surface area contributed by atoms with Crippen LogP contribution in [0.4, 0.5) is 8.78 Å². The molecule has 2 N–H and O–H groups in total. The summed E-state index contributed by atoms with van der Waals surface area (Å²) in [6, 6.07) is 3.32. The zero-order chi connectivity index (χ0) is 13.3. The van der Waals surface area contributed by atoms with Crippen LogP contribution in [0.5, 0.6) is 0 Å². The van der Waals surface area contributed by atoms with E-state index in [1.807, 2.05) is 6.92 Å². The minimum absolute atomic E-state index is 0.175. The van der Waals surface area contributed by atoms with Gasteiger partial charge in [0.15, 0.2) is 5.82 Å². The first-order valence-electron chi connectivity index (χ1n) is 5.52. The maximum atomic E-state index is 13.7. The minimum Gasteiger partial charge on any atom is -0.325 e. The molecule has 0 bridgehead atoms. The Hall–Kier alpha value is -1.88. The van der Waals surface area contributed by atoms with Gasteiger partial charge in [0.05, 0.1) is 11.3 Å². The van der Waals surface area contributed by atoms with Crippen molar-refractivity contribution in [1.82, 2.24) is 9.97 Å². The average molecular weight is 249 g/mol. The molecule has 3 nitrogen and oxygen atoms in total. The number of benzene rings is 1. The van der Waals surface area contributed by atoms with Crippen molar-refractivity contribution in [2.45, 2.75) is 20.4 Å². The quantitative estimate of drug-likeness (QED) is 0.889. The van der Waals surface area contributed by atoms with E-state index in [1.54, 1.807) is 6.92 Å². The van der Waals surface area contributed by atoms with Crippen LogP contribution in [-0.2, 0) is 6.54 Å². The minimum atomic E-state index is -0.679. The van der Waals surface area contributed by atoms with Crippen LogP contribution in [-0.4, -0.2) is 9.97 Å². The van der Waals surface area contributed by atoms with Crippen LogP contribution in [0, 0.1) is 25.5 Å². The van der Waals surface area contributed by atoms with Crippen molar-refractivity contribution in [3.05, 3.63) is 46.8 Å². The molecule has 2 rings (SSSR count). The summed E-state index contributed by atoms with van der Waals surface area (Å²) >= 11 is 0. The molecule has 2 aromatic rings. The molecule has 0 amide bonds. The highest BCUT2D eigenvalue weighted by Gasteiger charge is 2.12. The summed E-state index contributed by atoms with van der Waals surface area (Å²) in [5.41, 5.74) is 8.06. The molecule has 0 unspecified atom stereocenters. The van der Waals surface area contributed by atoms with Crippen LogP contribution >= 0.6 is 0 Å². The molecule has 0 aliphatic heterocycles. The van der Waals surface area contributed by atoms with E-state index >= 15 is 0 Å². The van der Waals surface area contributed by atoms with Crippen LogP contribution in [0.1, 0.15) is 17.0 Å². The molecular weight excluding hydrogens is 236 g/mol. The molecule has 0 spiro atoms. The number of nitrogens with zero attached hydrogens (tertiary/aromatic N) is 2. The molecule has 0 atom stereocenters. The molecule has 0 radical (unpaired) electrons. The van der Waals surface area contributed by atoms with Gasteiger partial charge in [-0.1, -0.05) is 0 Å². The van der Waals surface area contributed by atoms with Gasteiger partial charge < -0.3 is 5.73 Å². The third-order valence-corrected chi connectivity index (χ3v) is 2.86. The van der Waals surface area contributed by atoms with E-state index in [4.69, 9.17) is 5.73 Å². The van der Waals surface area contributed by atoms with Crippen molar-refractivity contribution >= 4 is 0 Å². The first-order chi connectivity index (χ1) is 8.52. The highest BCUT2D eigenvalue weighted by Crippen LogP contribution is 2.22. The average Bonchev–Trinajstić information content (AvgIpc) is 2.32. The van der Waals surface area contributed by atoms with E-state index in [1.165, 1.54) is 12.1 Å². The lowest BCUT2D eigenvalue weighted by Crippen LogP contribution is -2.07. The first kappa shape index (κ1) is 12.6. The lowest BCUT2D eigenvalue weighted by Gasteiger charge is -2.09. The molecule has 94 valence electrons. The fraction of sp³-hybridized carbons (Fsp3) is 0.231. The molecule has 0 aliphatic rings. The number of aromatic nitrogens is 2. The summed E-state index contributed by atoms with van der Waals surface area (Å²) in [6.45, 7) is 3.93. The third-order valence-electron chi connectivity index (χ3n) is 2.86. The molecular formula is C13H13F2N3. The van der Waals surface area contributed by atoms with Gasteiger partial charge in [0.1, 0.15) is 11.6 Å². The number of halogens is 2. The normalized spacial score (nSPS) is 10.7. The van der Waals surface area contributed by atoms with Crippen molar-refractivity contribution in [3.63, 3.8) is 0 Å². The van der Waals surface area contributed by atoms with Gasteiger partial charge >= 0.3 is 0 Å². The maximum absolute atomic E-state index is 13.7. The number of hydrogen-bond donors (Lipinski definition) is 1. The van der Waals surface area contributed by atoms with Gasteiger partial charge in [-0.2, -0.15) is 0 Å². The van der Waals surface area contributed by atoms with E-state index in [2.05, 4.69) is 9.97 Å². The Labute approximate surface area is 104 Å². The fourth-order valence-electron chi connectivity index (χ4n) is 1.68. The van der Waals surface area contributed by atoms with Crippen LogP contribution in [0.2, 0.25) is 0 Å². The summed E-state index contributed by atoms with van der Waals surface area (Å²) in [7, 11) is 0. The molecule has 0 fully saturated rings. The van der Waals surface area contributed by atoms with E-state index in [9.17, 15) is 8.78 Å². The Balaban J connectivity index is 2.60. The Morgan fingerprint density at radius 1 is 1.17 bits per heavy atom. The van der Waals surface area contributed by atoms with Crippen LogP contribution in [0.15, 0.2) is 18.2 Å². The van der Waals surface area contributed by atoms with Crippen molar-refractivity contribution in [1.29, 1.82) is 0 Å². The molecule has 1 heterocycles. The SMILES string of the molecule is Cc1nc(-c2ccc(F)cc2F)nc(CN)c1C. The topological polar surface area (TPSA) is 51.8 Å². The summed E-state index contributed by atoms with van der Waals surface area (Å²) in [6.07, 6.45) is 0. The monoisotopic (exact) mass is 249 g/mol. The predicted molar refractivity (Wildman–Crippen MR) is 64.7 cm³/mol. The Morgan fingerprint density at radius 3 is 2.50 bits per heavy atom. The molecule has 1 aromatic heterocycles. The molecule has 5 heteroatoms. The van der Waals surface area contributed by atoms with E-state index < -0.39 is 11.6 Å². The first-order valence-corrected chi connectivity index (χ1v) is 5.52. The van der Waals surface area contributed by atoms with E-state index in [0.29, 0.717) is 5.69 Å². The molecule has 18 heavy (non-hydrogen) atoms. The Bertz CT molecular complexity index is 597. The standard InChI is InChI=1S/C13H13F2N3/c1-7-8(2)17-13(18-12(7)6-16)10-4-3-9(14)5-11(10)15/h3-5H,6,16H2,1-2H3. The molecule has 0 aliphatic carbocycles. The summed E-state index contributed by atoms with van der Waals surface area (Å²) in [4.78, 5) is 8.43. The molecule has 1 aromatic carbocycles. The maximum Gasteiger partial charge on any atom is 0.162 e. The predicted octanol–water partition coefficient (Wildman–Crippen LogP) is 2.50. The van der Waals surface area contributed by atoms with Crippen LogP contribution in [0.3, 0.4) is 0 Å². The van der Waals surface area contributed by atoms with E-state index in [0.717, 1.165) is 17.3 Å². The number of nitrogens with two attached hydrogens (primary N) is 1. The largest absolute Gasteiger partial charge is 0.325 e. The smallest absolute Gasteiger partial charge is 0.162 e. The lowest BCUT2D eigenvalue weighted by molar-refractivity contribution is 0.584. The zero-order valence-electron chi connectivity index (χ0n) is 10.2. The molecule has 0 saturated heterocycles. The second-order valence-electron chi connectivity index (χ2n) is 4.03. The van der Waals surface area contributed by atoms with Crippen LogP contribution < -0.4 is 5.73 Å². The van der Waals surface area contributed by atoms with E-state index in [-0.39, 0.29) is 17.9 Å². The Morgan fingerprint density at radius 2 is 1.89 bits per heavy atom. The van der Waals surface area contributed by atoms with Crippen molar-refractivity contribution in [2.24, 2.45) is 5.73 Å². The number of hydrogen-bond acceptors (Lipinski definition) is 3. The van der Waals surface area contributed by atoms with Crippen molar-refractivity contribution in [3.8, 4) is 11.4 Å². The number of aryl methyl sites for hydroxylation is 1. The van der Waals surface area contributed by atoms with Crippen molar-refractivity contribution < 1.29 is 8.78 Å². The summed E-state index contributed by atoms with van der Waals surface area (Å²) in [5.74, 6) is -1.07. The van der Waals surface area contributed by atoms with Gasteiger partial charge in [-0.15, -0.1) is 0 Å². The van der Waals surface area contributed by atoms with Gasteiger partial charge in [0.25, 0.3) is 0 Å².